The molecule has 180 valence electrons. The van der Waals surface area contributed by atoms with Crippen LogP contribution in [0.5, 0.6) is 0 Å². The lowest BCUT2D eigenvalue weighted by molar-refractivity contribution is 0.0694. The Morgan fingerprint density at radius 2 is 1.65 bits per heavy atom. The predicted octanol–water partition coefficient (Wildman–Crippen LogP) is 5.71. The Labute approximate surface area is 203 Å². The maximum atomic E-state index is 13.0. The molecule has 2 heterocycles. The molecule has 2 saturated heterocycles. The third kappa shape index (κ3) is 4.31. The van der Waals surface area contributed by atoms with Crippen molar-refractivity contribution < 1.29 is 9.53 Å². The van der Waals surface area contributed by atoms with Gasteiger partial charge in [0.15, 0.2) is 0 Å². The molecule has 2 bridgehead atoms. The van der Waals surface area contributed by atoms with Crippen molar-refractivity contribution in [2.24, 2.45) is 0 Å². The average molecular weight is 460 g/mol. The fourth-order valence-corrected chi connectivity index (χ4v) is 6.77. The molecule has 34 heavy (non-hydrogen) atoms. The first-order valence-electron chi connectivity index (χ1n) is 13.4. The van der Waals surface area contributed by atoms with Gasteiger partial charge in [0.25, 0.3) is 0 Å². The Bertz CT molecular complexity index is 996. The van der Waals surface area contributed by atoms with Crippen LogP contribution in [-0.4, -0.2) is 54.7 Å². The highest BCUT2D eigenvalue weighted by atomic mass is 16.6. The van der Waals surface area contributed by atoms with Crippen LogP contribution in [0.4, 0.5) is 10.5 Å². The second-order valence-electron chi connectivity index (χ2n) is 10.6. The molecule has 1 amide bonds. The quantitative estimate of drug-likeness (QED) is 0.587. The normalized spacial score (nSPS) is 25.3. The van der Waals surface area contributed by atoms with E-state index in [1.807, 2.05) is 35.2 Å². The van der Waals surface area contributed by atoms with Gasteiger partial charge in [-0.15, -0.1) is 0 Å². The highest BCUT2D eigenvalue weighted by Crippen LogP contribution is 2.50. The van der Waals surface area contributed by atoms with E-state index in [9.17, 15) is 4.79 Å². The molecule has 2 aliphatic heterocycles. The Morgan fingerprint density at radius 1 is 0.853 bits per heavy atom. The van der Waals surface area contributed by atoms with Crippen LogP contribution < -0.4 is 4.90 Å². The number of carbonyl (C=O) groups is 1. The summed E-state index contributed by atoms with van der Waals surface area (Å²) in [7, 11) is 0. The average Bonchev–Trinajstić information content (AvgIpc) is 3.19. The number of piperazine rings is 1. The highest BCUT2D eigenvalue weighted by molar-refractivity contribution is 5.70. The molecular formula is C29H37N3O2. The Balaban J connectivity index is 1.12. The van der Waals surface area contributed by atoms with Crippen LogP contribution in [0.15, 0.2) is 48.5 Å². The lowest BCUT2D eigenvalue weighted by atomic mass is 9.93. The molecule has 0 unspecified atom stereocenters. The van der Waals surface area contributed by atoms with Gasteiger partial charge in [-0.2, -0.15) is 0 Å². The van der Waals surface area contributed by atoms with Gasteiger partial charge in [0.2, 0.25) is 0 Å². The van der Waals surface area contributed by atoms with E-state index in [-0.39, 0.29) is 12.1 Å². The number of hydrogen-bond donors (Lipinski definition) is 0. The van der Waals surface area contributed by atoms with Gasteiger partial charge in [0.1, 0.15) is 6.61 Å². The van der Waals surface area contributed by atoms with Crippen molar-refractivity contribution in [3.8, 4) is 0 Å². The van der Waals surface area contributed by atoms with Gasteiger partial charge in [-0.3, -0.25) is 4.90 Å². The smallest absolute Gasteiger partial charge is 0.410 e. The van der Waals surface area contributed by atoms with E-state index in [4.69, 9.17) is 4.74 Å². The van der Waals surface area contributed by atoms with E-state index in [1.54, 1.807) is 0 Å². The largest absolute Gasteiger partial charge is 0.445 e. The van der Waals surface area contributed by atoms with Crippen molar-refractivity contribution >= 4 is 11.8 Å². The molecule has 0 spiro atoms. The summed E-state index contributed by atoms with van der Waals surface area (Å²) in [6.45, 7) is 5.67. The molecule has 2 aromatic rings. The molecule has 2 aliphatic carbocycles. The van der Waals surface area contributed by atoms with Crippen molar-refractivity contribution in [2.75, 3.05) is 37.6 Å². The number of carbonyl (C=O) groups excluding carboxylic acids is 1. The van der Waals surface area contributed by atoms with Gasteiger partial charge in [-0.25, -0.2) is 4.79 Å². The summed E-state index contributed by atoms with van der Waals surface area (Å²) in [4.78, 5) is 20.3. The number of anilines is 1. The van der Waals surface area contributed by atoms with Gasteiger partial charge in [-0.05, 0) is 60.4 Å². The zero-order valence-corrected chi connectivity index (χ0v) is 20.2. The number of ether oxygens (including phenoxy) is 1. The zero-order chi connectivity index (χ0) is 22.9. The van der Waals surface area contributed by atoms with E-state index in [1.165, 1.54) is 62.0 Å². The maximum Gasteiger partial charge on any atom is 0.410 e. The summed E-state index contributed by atoms with van der Waals surface area (Å²) in [5.74, 6) is 0.579. The molecule has 0 radical (unpaired) electrons. The fraction of sp³-hybridized carbons (Fsp3) is 0.552. The minimum Gasteiger partial charge on any atom is -0.445 e. The topological polar surface area (TPSA) is 36.0 Å². The van der Waals surface area contributed by atoms with E-state index < -0.39 is 0 Å². The standard InChI is InChI=1S/C29H37N3O2/c33-29(34-21-22-7-3-1-4-8-22)32-14-13-23-19-28(32)27-20-25(11-12-26(23)27)31-17-15-30(16-18-31)24-9-5-2-6-10-24/h1,3-4,7-8,11-12,20,23-24,28H,2,5-6,9-10,13-19,21H2/t23-,28+/m1/s1. The minimum absolute atomic E-state index is 0.153. The summed E-state index contributed by atoms with van der Waals surface area (Å²) in [5.41, 5.74) is 5.17. The van der Waals surface area contributed by atoms with Gasteiger partial charge in [-0.1, -0.05) is 55.7 Å². The molecule has 1 saturated carbocycles. The summed E-state index contributed by atoms with van der Waals surface area (Å²) < 4.78 is 5.72. The number of piperidine rings is 1. The molecule has 0 N–H and O–H groups in total. The molecule has 3 fully saturated rings. The molecule has 6 rings (SSSR count). The first-order chi connectivity index (χ1) is 16.8. The van der Waals surface area contributed by atoms with Gasteiger partial charge in [0.05, 0.1) is 6.04 Å². The van der Waals surface area contributed by atoms with E-state index in [0.29, 0.717) is 12.5 Å². The minimum atomic E-state index is -0.174. The van der Waals surface area contributed by atoms with Gasteiger partial charge < -0.3 is 14.5 Å². The number of hydrogen-bond acceptors (Lipinski definition) is 4. The van der Waals surface area contributed by atoms with Gasteiger partial charge in [0, 0.05) is 44.5 Å². The zero-order valence-electron chi connectivity index (χ0n) is 20.2. The molecule has 0 aromatic heterocycles. The summed E-state index contributed by atoms with van der Waals surface area (Å²) in [5, 5.41) is 0. The maximum absolute atomic E-state index is 13.0. The van der Waals surface area contributed by atoms with Crippen molar-refractivity contribution in [1.29, 1.82) is 0 Å². The Kier molecular flexibility index (Phi) is 6.21. The van der Waals surface area contributed by atoms with Crippen molar-refractivity contribution in [2.45, 2.75) is 69.6 Å². The number of nitrogens with zero attached hydrogens (tertiary/aromatic N) is 3. The van der Waals surface area contributed by atoms with E-state index >= 15 is 0 Å². The van der Waals surface area contributed by atoms with Crippen LogP contribution in [-0.2, 0) is 11.3 Å². The van der Waals surface area contributed by atoms with E-state index in [0.717, 1.165) is 44.1 Å². The first-order valence-corrected chi connectivity index (χ1v) is 13.4. The van der Waals surface area contributed by atoms with Crippen LogP contribution in [0.2, 0.25) is 0 Å². The predicted molar refractivity (Wildman–Crippen MR) is 135 cm³/mol. The molecule has 5 nitrogen and oxygen atoms in total. The van der Waals surface area contributed by atoms with Crippen LogP contribution >= 0.6 is 0 Å². The third-order valence-electron chi connectivity index (χ3n) is 8.68. The number of amides is 1. The van der Waals surface area contributed by atoms with Crippen molar-refractivity contribution in [3.05, 3.63) is 65.2 Å². The molecule has 5 heteroatoms. The lowest BCUT2D eigenvalue weighted by Crippen LogP contribution is -2.50. The fourth-order valence-electron chi connectivity index (χ4n) is 6.77. The molecule has 2 aromatic carbocycles. The Morgan fingerprint density at radius 3 is 2.44 bits per heavy atom. The molecule has 4 aliphatic rings. The second kappa shape index (κ2) is 9.61. The number of fused-ring (bicyclic) bond motifs is 5. The summed E-state index contributed by atoms with van der Waals surface area (Å²) >= 11 is 0. The summed E-state index contributed by atoms with van der Waals surface area (Å²) in [6.07, 6.45) is 8.90. The second-order valence-corrected chi connectivity index (χ2v) is 10.6. The summed E-state index contributed by atoms with van der Waals surface area (Å²) in [6, 6.07) is 18.0. The SMILES string of the molecule is O=C(OCc1ccccc1)N1CC[C@@H]2C[C@H]1c1cc(N3CCN(C4CCCCC4)CC3)ccc12. The monoisotopic (exact) mass is 459 g/mol. The molecular weight excluding hydrogens is 422 g/mol. The van der Waals surface area contributed by atoms with Crippen molar-refractivity contribution in [1.82, 2.24) is 9.80 Å². The Hall–Kier alpha value is -2.53. The number of benzene rings is 2. The lowest BCUT2D eigenvalue weighted by Gasteiger charge is -2.41. The molecule has 2 atom stereocenters. The van der Waals surface area contributed by atoms with Gasteiger partial charge >= 0.3 is 6.09 Å². The van der Waals surface area contributed by atoms with Crippen molar-refractivity contribution in [3.63, 3.8) is 0 Å². The highest BCUT2D eigenvalue weighted by Gasteiger charge is 2.41. The van der Waals surface area contributed by atoms with Crippen LogP contribution in [0.1, 0.15) is 73.6 Å². The number of rotatable bonds is 4. The van der Waals surface area contributed by atoms with Crippen LogP contribution in [0, 0.1) is 0 Å². The first kappa shape index (κ1) is 22.0. The van der Waals surface area contributed by atoms with Crippen LogP contribution in [0.3, 0.4) is 0 Å². The van der Waals surface area contributed by atoms with E-state index in [2.05, 4.69) is 28.0 Å². The third-order valence-corrected chi connectivity index (χ3v) is 8.68. The van der Waals surface area contributed by atoms with Crippen LogP contribution in [0.25, 0.3) is 0 Å². The number of likely N-dealkylation sites (tertiary alicyclic amines) is 1.